The van der Waals surface area contributed by atoms with E-state index in [0.717, 1.165) is 18.3 Å². The molecule has 39 heavy (non-hydrogen) atoms. The largest absolute Gasteiger partial charge is 0.534 e. The number of carbonyl (C=O) groups excluding carboxylic acids is 1. The van der Waals surface area contributed by atoms with Crippen molar-refractivity contribution in [1.82, 2.24) is 14.5 Å². The molecule has 4 rings (SSSR count). The maximum Gasteiger partial charge on any atom is 0.534 e. The average Bonchev–Trinajstić information content (AvgIpc) is 3.40. The van der Waals surface area contributed by atoms with Crippen LogP contribution in [0.5, 0.6) is 5.75 Å². The molecule has 1 aliphatic heterocycles. The zero-order valence-corrected chi connectivity index (χ0v) is 22.3. The summed E-state index contributed by atoms with van der Waals surface area (Å²) < 4.78 is 128. The van der Waals surface area contributed by atoms with Crippen LogP contribution < -0.4 is 9.50 Å². The topological polar surface area (TPSA) is 124 Å². The van der Waals surface area contributed by atoms with Crippen LogP contribution in [0.15, 0.2) is 18.3 Å². The number of hydrogen-bond acceptors (Lipinski definition) is 7. The predicted molar refractivity (Wildman–Crippen MR) is 124 cm³/mol. The Morgan fingerprint density at radius 2 is 1.64 bits per heavy atom. The van der Waals surface area contributed by atoms with E-state index in [0.29, 0.717) is 6.42 Å². The Labute approximate surface area is 227 Å². The molecule has 1 aliphatic carbocycles. The molecule has 1 amide bonds. The molecule has 2 aliphatic rings. The minimum atomic E-state index is -6.04. The van der Waals surface area contributed by atoms with Gasteiger partial charge in [-0.05, 0) is 42.7 Å². The third-order valence-electron chi connectivity index (χ3n) is 6.54. The number of alkyl halides is 6. The zero-order valence-electron chi connectivity index (χ0n) is 19.2. The maximum absolute atomic E-state index is 13.0. The molecule has 9 nitrogen and oxygen atoms in total. The van der Waals surface area contributed by atoms with Gasteiger partial charge in [-0.1, -0.05) is 23.2 Å². The molecule has 1 N–H and O–H groups in total. The molecule has 0 spiro atoms. The third kappa shape index (κ3) is 5.54. The van der Waals surface area contributed by atoms with Crippen LogP contribution in [-0.2, 0) is 37.8 Å². The van der Waals surface area contributed by atoms with E-state index in [2.05, 4.69) is 14.6 Å². The van der Waals surface area contributed by atoms with Gasteiger partial charge in [0.1, 0.15) is 5.75 Å². The Balaban J connectivity index is 1.73. The highest BCUT2D eigenvalue weighted by Crippen LogP contribution is 2.48. The van der Waals surface area contributed by atoms with Crippen LogP contribution in [0, 0.1) is 11.8 Å². The van der Waals surface area contributed by atoms with Crippen LogP contribution in [0.3, 0.4) is 0 Å². The van der Waals surface area contributed by atoms with Gasteiger partial charge < -0.3 is 9.50 Å². The van der Waals surface area contributed by atoms with Crippen molar-refractivity contribution in [3.8, 4) is 5.75 Å². The van der Waals surface area contributed by atoms with Crippen molar-refractivity contribution in [2.75, 3.05) is 6.54 Å². The van der Waals surface area contributed by atoms with Crippen LogP contribution in [0.25, 0.3) is 0 Å². The van der Waals surface area contributed by atoms with Crippen molar-refractivity contribution in [3.05, 3.63) is 45.2 Å². The molecule has 0 saturated carbocycles. The standard InChI is InChI=1S/C20H17Cl2F6N3O6S2/c21-13-6-11(37-39(35,36)20(26,27)28)7-14(22)17(13)16(12-3-4-29-18(12)32)9-1-2-15-10(5-9)8-31(30-15)38(33,34)19(23,24)25/h6-9,12,16H,1-5H2,(H,29,32). The Bertz CT molecular complexity index is 1500. The fourth-order valence-corrected chi connectivity index (χ4v) is 6.71. The average molecular weight is 644 g/mol. The summed E-state index contributed by atoms with van der Waals surface area (Å²) in [7, 11) is -11.8. The van der Waals surface area contributed by atoms with Crippen molar-refractivity contribution >= 4 is 49.3 Å². The second kappa shape index (κ2) is 9.99. The summed E-state index contributed by atoms with van der Waals surface area (Å²) in [5.74, 6) is -3.35. The molecule has 0 radical (unpaired) electrons. The van der Waals surface area contributed by atoms with Gasteiger partial charge in [-0.15, -0.1) is 0 Å². The first-order valence-electron chi connectivity index (χ1n) is 11.0. The summed E-state index contributed by atoms with van der Waals surface area (Å²) in [6, 6.07) is 1.60. The molecular formula is C20H17Cl2F6N3O6S2. The number of aromatic nitrogens is 2. The summed E-state index contributed by atoms with van der Waals surface area (Å²) in [6.07, 6.45) is 1.29. The highest BCUT2D eigenvalue weighted by Gasteiger charge is 2.50. The number of nitrogens with zero attached hydrogens (tertiary/aromatic N) is 2. The lowest BCUT2D eigenvalue weighted by molar-refractivity contribution is -0.123. The lowest BCUT2D eigenvalue weighted by Crippen LogP contribution is -2.32. The van der Waals surface area contributed by atoms with E-state index in [9.17, 15) is 48.0 Å². The first kappa shape index (κ1) is 29.7. The number of hydrogen-bond donors (Lipinski definition) is 1. The van der Waals surface area contributed by atoms with Crippen molar-refractivity contribution in [2.24, 2.45) is 11.8 Å². The van der Waals surface area contributed by atoms with Crippen molar-refractivity contribution in [1.29, 1.82) is 0 Å². The molecule has 0 bridgehead atoms. The van der Waals surface area contributed by atoms with Gasteiger partial charge in [0.05, 0.1) is 5.69 Å². The van der Waals surface area contributed by atoms with E-state index in [-0.39, 0.29) is 56.8 Å². The van der Waals surface area contributed by atoms with E-state index in [1.165, 1.54) is 0 Å². The van der Waals surface area contributed by atoms with Gasteiger partial charge in [0, 0.05) is 46.8 Å². The van der Waals surface area contributed by atoms with Gasteiger partial charge in [-0.3, -0.25) is 4.79 Å². The molecule has 1 aromatic heterocycles. The lowest BCUT2D eigenvalue weighted by atomic mass is 9.70. The normalized spacial score (nSPS) is 21.4. The molecule has 3 atom stereocenters. The van der Waals surface area contributed by atoms with Gasteiger partial charge >= 0.3 is 31.2 Å². The maximum atomic E-state index is 13.0. The van der Waals surface area contributed by atoms with Gasteiger partial charge in [-0.25, -0.2) is 0 Å². The quantitative estimate of drug-likeness (QED) is 0.285. The van der Waals surface area contributed by atoms with E-state index < -0.39 is 60.6 Å². The molecule has 2 heterocycles. The Hall–Kier alpha value is -2.24. The first-order chi connectivity index (χ1) is 17.8. The van der Waals surface area contributed by atoms with Gasteiger partial charge in [0.15, 0.2) is 0 Å². The van der Waals surface area contributed by atoms with E-state index in [1.807, 2.05) is 0 Å². The van der Waals surface area contributed by atoms with E-state index in [4.69, 9.17) is 23.2 Å². The molecule has 19 heteroatoms. The number of carbonyl (C=O) groups is 1. The van der Waals surface area contributed by atoms with Crippen LogP contribution in [-0.4, -0.2) is 49.5 Å². The minimum absolute atomic E-state index is 0.0233. The molecule has 1 fully saturated rings. The number of amides is 1. The Kier molecular flexibility index (Phi) is 7.62. The van der Waals surface area contributed by atoms with Crippen molar-refractivity contribution in [3.63, 3.8) is 0 Å². The van der Waals surface area contributed by atoms with Crippen LogP contribution in [0.4, 0.5) is 26.3 Å². The fraction of sp³-hybridized carbons (Fsp3) is 0.500. The summed E-state index contributed by atoms with van der Waals surface area (Å²) in [5.41, 5.74) is -10.9. The van der Waals surface area contributed by atoms with E-state index >= 15 is 0 Å². The van der Waals surface area contributed by atoms with Crippen molar-refractivity contribution in [2.45, 2.75) is 42.6 Å². The number of rotatable bonds is 6. The van der Waals surface area contributed by atoms with Gasteiger partial charge in [0.25, 0.3) is 0 Å². The molecule has 216 valence electrons. The van der Waals surface area contributed by atoms with Crippen LogP contribution >= 0.6 is 23.2 Å². The minimum Gasteiger partial charge on any atom is -0.376 e. The summed E-state index contributed by atoms with van der Waals surface area (Å²) in [5, 5.41) is 5.61. The zero-order chi connectivity index (χ0) is 29.1. The highest BCUT2D eigenvalue weighted by atomic mass is 35.5. The number of halogens is 8. The summed E-state index contributed by atoms with van der Waals surface area (Å²) in [6.45, 7) is 0.278. The third-order valence-corrected chi connectivity index (χ3v) is 9.41. The van der Waals surface area contributed by atoms with Gasteiger partial charge in [0.2, 0.25) is 5.91 Å². The number of fused-ring (bicyclic) bond motifs is 1. The Morgan fingerprint density at radius 3 is 2.15 bits per heavy atom. The number of nitrogens with one attached hydrogen (secondary N) is 1. The van der Waals surface area contributed by atoms with Crippen LogP contribution in [0.1, 0.15) is 35.6 Å². The molecular weight excluding hydrogens is 627 g/mol. The Morgan fingerprint density at radius 1 is 1.03 bits per heavy atom. The molecule has 2 aromatic rings. The smallest absolute Gasteiger partial charge is 0.376 e. The molecule has 3 unspecified atom stereocenters. The summed E-state index contributed by atoms with van der Waals surface area (Å²) >= 11 is 12.7. The van der Waals surface area contributed by atoms with Crippen LogP contribution in [0.2, 0.25) is 10.0 Å². The monoisotopic (exact) mass is 643 g/mol. The number of benzene rings is 1. The highest BCUT2D eigenvalue weighted by molar-refractivity contribution is 7.90. The predicted octanol–water partition coefficient (Wildman–Crippen LogP) is 4.14. The first-order valence-corrected chi connectivity index (χ1v) is 14.6. The molecule has 1 aromatic carbocycles. The lowest BCUT2D eigenvalue weighted by Gasteiger charge is -2.34. The molecule has 1 saturated heterocycles. The second-order valence-electron chi connectivity index (χ2n) is 8.92. The van der Waals surface area contributed by atoms with Crippen molar-refractivity contribution < 1.29 is 52.2 Å². The number of aryl methyl sites for hydroxylation is 1. The van der Waals surface area contributed by atoms with Gasteiger partial charge in [-0.2, -0.15) is 52.4 Å². The fourth-order valence-electron chi connectivity index (χ4n) is 4.87. The SMILES string of the molecule is O=C1NCCC1C(c1c(Cl)cc(OS(=O)(=O)C(F)(F)F)cc1Cl)C1CCc2nn(S(=O)(=O)C(F)(F)F)cc2C1. The second-order valence-corrected chi connectivity index (χ2v) is 13.1. The van der Waals surface area contributed by atoms with E-state index in [1.54, 1.807) is 0 Å². The summed E-state index contributed by atoms with van der Waals surface area (Å²) in [4.78, 5) is 12.7.